The molecule has 0 aromatic rings. The van der Waals surface area contributed by atoms with Gasteiger partial charge in [-0.25, -0.2) is 4.57 Å². The van der Waals surface area contributed by atoms with Gasteiger partial charge >= 0.3 is 19.8 Å². The molecule has 58 heavy (non-hydrogen) atoms. The molecule has 2 atom stereocenters. The number of hydrogen-bond acceptors (Lipinski definition) is 7. The number of allylic oxidation sites excluding steroid dienone is 10. The van der Waals surface area contributed by atoms with Gasteiger partial charge < -0.3 is 18.9 Å². The lowest BCUT2D eigenvalue weighted by atomic mass is 10.1. The molecule has 0 bridgehead atoms. The molecule has 0 rings (SSSR count). The summed E-state index contributed by atoms with van der Waals surface area (Å²) in [6.07, 6.45) is 48.3. The molecular formula is C48H87NO8P+. The topological polar surface area (TPSA) is 108 Å². The second-order valence-electron chi connectivity index (χ2n) is 16.4. The third-order valence-corrected chi connectivity index (χ3v) is 10.5. The Balaban J connectivity index is 4.40. The fraction of sp³-hybridized carbons (Fsp3) is 0.750. The van der Waals surface area contributed by atoms with Crippen LogP contribution in [0.4, 0.5) is 0 Å². The Bertz CT molecular complexity index is 1170. The van der Waals surface area contributed by atoms with Gasteiger partial charge in [0.25, 0.3) is 0 Å². The number of carbonyl (C=O) groups is 2. The van der Waals surface area contributed by atoms with Gasteiger partial charge in [0.05, 0.1) is 27.7 Å². The van der Waals surface area contributed by atoms with Crippen molar-refractivity contribution < 1.29 is 42.1 Å². The highest BCUT2D eigenvalue weighted by atomic mass is 31.2. The van der Waals surface area contributed by atoms with Crippen LogP contribution in [0.15, 0.2) is 60.8 Å². The van der Waals surface area contributed by atoms with Crippen LogP contribution in [0, 0.1) is 0 Å². The Kier molecular flexibility index (Phi) is 38.5. The number of ether oxygens (including phenoxy) is 2. The van der Waals surface area contributed by atoms with Crippen molar-refractivity contribution in [1.29, 1.82) is 0 Å². The molecule has 0 aliphatic carbocycles. The second-order valence-corrected chi connectivity index (χ2v) is 17.9. The molecule has 0 aromatic carbocycles. The van der Waals surface area contributed by atoms with Crippen molar-refractivity contribution in [2.75, 3.05) is 47.5 Å². The number of phosphoric acid groups is 1. The number of hydrogen-bond donors (Lipinski definition) is 1. The van der Waals surface area contributed by atoms with Crippen LogP contribution in [-0.2, 0) is 32.7 Å². The number of quaternary nitrogens is 1. The van der Waals surface area contributed by atoms with Crippen LogP contribution in [0.2, 0.25) is 0 Å². The number of carbonyl (C=O) groups excluding carboxylic acids is 2. The quantitative estimate of drug-likeness (QED) is 0.0213. The van der Waals surface area contributed by atoms with Gasteiger partial charge in [-0.2, -0.15) is 0 Å². The summed E-state index contributed by atoms with van der Waals surface area (Å²) < 4.78 is 34.3. The van der Waals surface area contributed by atoms with Gasteiger partial charge in [-0.3, -0.25) is 18.6 Å². The van der Waals surface area contributed by atoms with E-state index in [0.29, 0.717) is 23.9 Å². The summed E-state index contributed by atoms with van der Waals surface area (Å²) in [5.74, 6) is -0.836. The summed E-state index contributed by atoms with van der Waals surface area (Å²) in [7, 11) is 1.45. The summed E-state index contributed by atoms with van der Waals surface area (Å²) in [6, 6.07) is 0. The smallest absolute Gasteiger partial charge is 0.462 e. The van der Waals surface area contributed by atoms with Crippen molar-refractivity contribution in [3.63, 3.8) is 0 Å². The van der Waals surface area contributed by atoms with E-state index in [1.54, 1.807) is 0 Å². The average Bonchev–Trinajstić information content (AvgIpc) is 3.17. The monoisotopic (exact) mass is 837 g/mol. The van der Waals surface area contributed by atoms with Crippen LogP contribution >= 0.6 is 7.82 Å². The number of phosphoric ester groups is 1. The fourth-order valence-corrected chi connectivity index (χ4v) is 6.61. The molecule has 0 spiro atoms. The van der Waals surface area contributed by atoms with Crippen LogP contribution in [0.5, 0.6) is 0 Å². The molecule has 1 N–H and O–H groups in total. The summed E-state index contributed by atoms with van der Waals surface area (Å²) in [6.45, 7) is 4.33. The number of likely N-dealkylation sites (N-methyl/N-ethyl adjacent to an activating group) is 1. The molecule has 0 aromatic heterocycles. The van der Waals surface area contributed by atoms with Crippen LogP contribution in [0.25, 0.3) is 0 Å². The molecule has 0 saturated carbocycles. The molecule has 0 aliphatic heterocycles. The lowest BCUT2D eigenvalue weighted by Gasteiger charge is -2.24. The van der Waals surface area contributed by atoms with Gasteiger partial charge in [0.1, 0.15) is 19.8 Å². The van der Waals surface area contributed by atoms with E-state index in [1.165, 1.54) is 70.6 Å². The second kappa shape index (κ2) is 40.1. The molecule has 9 nitrogen and oxygen atoms in total. The predicted octanol–water partition coefficient (Wildman–Crippen LogP) is 13.2. The maximum Gasteiger partial charge on any atom is 0.472 e. The minimum atomic E-state index is -4.39. The molecule has 0 amide bonds. The third kappa shape index (κ3) is 43.3. The molecule has 0 fully saturated rings. The van der Waals surface area contributed by atoms with E-state index in [9.17, 15) is 19.0 Å². The van der Waals surface area contributed by atoms with Gasteiger partial charge in [-0.15, -0.1) is 0 Å². The van der Waals surface area contributed by atoms with Gasteiger partial charge in [0, 0.05) is 12.8 Å². The molecule has 0 aliphatic rings. The first-order chi connectivity index (χ1) is 28.0. The first-order valence-corrected chi connectivity index (χ1v) is 24.5. The van der Waals surface area contributed by atoms with Crippen LogP contribution in [0.3, 0.4) is 0 Å². The van der Waals surface area contributed by atoms with Gasteiger partial charge in [-0.1, -0.05) is 145 Å². The van der Waals surface area contributed by atoms with Crippen LogP contribution in [0.1, 0.15) is 181 Å². The van der Waals surface area contributed by atoms with Crippen molar-refractivity contribution in [2.45, 2.75) is 187 Å². The Hall–Kier alpha value is -2.29. The number of rotatable bonds is 41. The molecule has 0 radical (unpaired) electrons. The maximum absolute atomic E-state index is 12.7. The minimum Gasteiger partial charge on any atom is -0.462 e. The van der Waals surface area contributed by atoms with E-state index in [1.807, 2.05) is 21.1 Å². The zero-order chi connectivity index (χ0) is 42.8. The molecule has 336 valence electrons. The summed E-state index contributed by atoms with van der Waals surface area (Å²) in [5, 5.41) is 0. The van der Waals surface area contributed by atoms with E-state index < -0.39 is 32.5 Å². The number of esters is 2. The van der Waals surface area contributed by atoms with Crippen LogP contribution < -0.4 is 0 Å². The van der Waals surface area contributed by atoms with Crippen LogP contribution in [-0.4, -0.2) is 74.9 Å². The third-order valence-electron chi connectivity index (χ3n) is 9.52. The highest BCUT2D eigenvalue weighted by Gasteiger charge is 2.27. The van der Waals surface area contributed by atoms with E-state index >= 15 is 0 Å². The first-order valence-electron chi connectivity index (χ1n) is 23.0. The number of unbranched alkanes of at least 4 members (excludes halogenated alkanes) is 17. The normalized spacial score (nSPS) is 14.1. The highest BCUT2D eigenvalue weighted by Crippen LogP contribution is 2.43. The first kappa shape index (κ1) is 55.7. The molecular weight excluding hydrogens is 750 g/mol. The molecule has 10 heteroatoms. The summed E-state index contributed by atoms with van der Waals surface area (Å²) in [5.41, 5.74) is 0. The van der Waals surface area contributed by atoms with E-state index in [2.05, 4.69) is 74.6 Å². The van der Waals surface area contributed by atoms with Crippen molar-refractivity contribution in [3.05, 3.63) is 60.8 Å². The molecule has 1 unspecified atom stereocenters. The lowest BCUT2D eigenvalue weighted by molar-refractivity contribution is -0.870. The van der Waals surface area contributed by atoms with Gasteiger partial charge in [-0.05, 0) is 83.5 Å². The summed E-state index contributed by atoms with van der Waals surface area (Å²) >= 11 is 0. The Morgan fingerprint density at radius 1 is 0.534 bits per heavy atom. The Labute approximate surface area is 356 Å². The SMILES string of the molecule is CCCCC/C=C\C/C=C\C/C=C\CCCCCCC(=O)OC[C@H](COP(=O)(O)OCC[N+](C)(C)C)OC(=O)CCCCCCCCC/C=C\C/C=C\CCCCC. The van der Waals surface area contributed by atoms with E-state index in [0.717, 1.165) is 70.6 Å². The Morgan fingerprint density at radius 3 is 1.38 bits per heavy atom. The van der Waals surface area contributed by atoms with Crippen molar-refractivity contribution >= 4 is 19.8 Å². The zero-order valence-electron chi connectivity index (χ0n) is 37.8. The maximum atomic E-state index is 12.7. The minimum absolute atomic E-state index is 0.0237. The van der Waals surface area contributed by atoms with E-state index in [-0.39, 0.29) is 26.1 Å². The molecule has 0 heterocycles. The largest absolute Gasteiger partial charge is 0.472 e. The standard InChI is InChI=1S/C48H86NO8P/c1-6-8-10-12-14-16-18-20-22-24-26-28-30-32-34-36-38-40-47(50)54-44-46(45-56-58(52,53)55-43-42-49(3,4)5)57-48(51)41-39-37-35-33-31-29-27-25-23-21-19-17-15-13-11-9-7-2/h14-17,20-23,26,28,46H,6-13,18-19,24-25,27,29-45H2,1-5H3/p+1/b16-14-,17-15-,22-20-,23-21-,28-26-/t46-/m1/s1. The Morgan fingerprint density at radius 2 is 0.931 bits per heavy atom. The van der Waals surface area contributed by atoms with E-state index in [4.69, 9.17) is 18.5 Å². The lowest BCUT2D eigenvalue weighted by Crippen LogP contribution is -2.37. The van der Waals surface area contributed by atoms with Crippen molar-refractivity contribution in [3.8, 4) is 0 Å². The fourth-order valence-electron chi connectivity index (χ4n) is 5.87. The van der Waals surface area contributed by atoms with Crippen molar-refractivity contribution in [1.82, 2.24) is 0 Å². The van der Waals surface area contributed by atoms with Gasteiger partial charge in [0.2, 0.25) is 0 Å². The highest BCUT2D eigenvalue weighted by molar-refractivity contribution is 7.47. The van der Waals surface area contributed by atoms with Gasteiger partial charge in [0.15, 0.2) is 6.10 Å². The zero-order valence-corrected chi connectivity index (χ0v) is 38.7. The predicted molar refractivity (Wildman–Crippen MR) is 243 cm³/mol. The summed E-state index contributed by atoms with van der Waals surface area (Å²) in [4.78, 5) is 35.4. The number of nitrogens with zero attached hydrogens (tertiary/aromatic N) is 1. The molecule has 0 saturated heterocycles. The average molecular weight is 837 g/mol. The van der Waals surface area contributed by atoms with Crippen molar-refractivity contribution in [2.24, 2.45) is 0 Å².